The van der Waals surface area contributed by atoms with Gasteiger partial charge in [-0.1, -0.05) is 18.2 Å². The molecule has 1 aromatic rings. The van der Waals surface area contributed by atoms with Crippen LogP contribution in [0.2, 0.25) is 0 Å². The second kappa shape index (κ2) is 5.73. The van der Waals surface area contributed by atoms with Crippen molar-refractivity contribution < 1.29 is 9.53 Å². The van der Waals surface area contributed by atoms with Crippen molar-refractivity contribution in [2.75, 3.05) is 7.05 Å². The van der Waals surface area contributed by atoms with Gasteiger partial charge in [0.25, 0.3) is 0 Å². The Morgan fingerprint density at radius 3 is 2.70 bits per heavy atom. The predicted octanol–water partition coefficient (Wildman–Crippen LogP) is 2.92. The fourth-order valence-electron chi connectivity index (χ4n) is 2.36. The van der Waals surface area contributed by atoms with E-state index in [1.165, 1.54) is 6.42 Å². The topological polar surface area (TPSA) is 41.6 Å². The van der Waals surface area contributed by atoms with Gasteiger partial charge in [0.1, 0.15) is 5.75 Å². The average Bonchev–Trinajstić information content (AvgIpc) is 3.25. The van der Waals surface area contributed by atoms with Gasteiger partial charge in [0, 0.05) is 25.2 Å². The lowest BCUT2D eigenvalue weighted by atomic mass is 9.96. The summed E-state index contributed by atoms with van der Waals surface area (Å²) in [6.07, 6.45) is 6.17. The molecular formula is C16H22N2O2. The summed E-state index contributed by atoms with van der Waals surface area (Å²) < 4.78 is 5.97. The molecule has 2 fully saturated rings. The van der Waals surface area contributed by atoms with Crippen LogP contribution in [0.4, 0.5) is 4.79 Å². The van der Waals surface area contributed by atoms with Gasteiger partial charge in [-0.25, -0.2) is 4.79 Å². The van der Waals surface area contributed by atoms with Crippen molar-refractivity contribution in [1.29, 1.82) is 0 Å². The van der Waals surface area contributed by atoms with Crippen LogP contribution in [0.3, 0.4) is 0 Å². The second-order valence-electron chi connectivity index (χ2n) is 5.78. The van der Waals surface area contributed by atoms with E-state index in [2.05, 4.69) is 5.32 Å². The molecule has 0 bridgehead atoms. The number of nitrogens with one attached hydrogen (secondary N) is 1. The lowest BCUT2D eigenvalue weighted by Gasteiger charge is -2.27. The number of nitrogens with zero attached hydrogens (tertiary/aromatic N) is 1. The lowest BCUT2D eigenvalue weighted by molar-refractivity contribution is 0.119. The smallest absolute Gasteiger partial charge is 0.317 e. The second-order valence-corrected chi connectivity index (χ2v) is 5.78. The van der Waals surface area contributed by atoms with Crippen molar-refractivity contribution in [3.63, 3.8) is 0 Å². The summed E-state index contributed by atoms with van der Waals surface area (Å²) in [7, 11) is 1.86. The molecule has 2 aliphatic carbocycles. The Bertz CT molecular complexity index is 481. The third-order valence-corrected chi connectivity index (χ3v) is 4.16. The van der Waals surface area contributed by atoms with Crippen LogP contribution in [-0.4, -0.2) is 30.1 Å². The SMILES string of the molecule is CN(C(=O)NCc1ccccc1OC1CCC1)C1CC1. The van der Waals surface area contributed by atoms with Crippen LogP contribution in [-0.2, 0) is 6.54 Å². The van der Waals surface area contributed by atoms with E-state index in [1.54, 1.807) is 4.90 Å². The van der Waals surface area contributed by atoms with Gasteiger partial charge >= 0.3 is 6.03 Å². The van der Waals surface area contributed by atoms with E-state index >= 15 is 0 Å². The normalized spacial score (nSPS) is 18.2. The molecule has 0 radical (unpaired) electrons. The summed E-state index contributed by atoms with van der Waals surface area (Å²) in [5, 5.41) is 2.98. The fraction of sp³-hybridized carbons (Fsp3) is 0.562. The summed E-state index contributed by atoms with van der Waals surface area (Å²) in [5.74, 6) is 0.909. The summed E-state index contributed by atoms with van der Waals surface area (Å²) in [6.45, 7) is 0.527. The number of hydrogen-bond donors (Lipinski definition) is 1. The number of urea groups is 1. The zero-order valence-electron chi connectivity index (χ0n) is 12.0. The number of rotatable bonds is 5. The van der Waals surface area contributed by atoms with Crippen LogP contribution < -0.4 is 10.1 Å². The van der Waals surface area contributed by atoms with E-state index < -0.39 is 0 Å². The fourth-order valence-corrected chi connectivity index (χ4v) is 2.36. The van der Waals surface area contributed by atoms with Gasteiger partial charge in [-0.3, -0.25) is 0 Å². The Morgan fingerprint density at radius 2 is 2.05 bits per heavy atom. The molecule has 0 atom stereocenters. The highest BCUT2D eigenvalue weighted by atomic mass is 16.5. The zero-order chi connectivity index (χ0) is 13.9. The summed E-state index contributed by atoms with van der Waals surface area (Å²) in [4.78, 5) is 13.8. The molecule has 0 saturated heterocycles. The maximum Gasteiger partial charge on any atom is 0.317 e. The first-order chi connectivity index (χ1) is 9.74. The lowest BCUT2D eigenvalue weighted by Crippen LogP contribution is -2.38. The summed E-state index contributed by atoms with van der Waals surface area (Å²) in [6, 6.07) is 8.42. The van der Waals surface area contributed by atoms with E-state index in [9.17, 15) is 4.79 Å². The first-order valence-corrected chi connectivity index (χ1v) is 7.49. The first kappa shape index (κ1) is 13.3. The molecule has 0 aliphatic heterocycles. The molecule has 0 heterocycles. The molecule has 0 spiro atoms. The van der Waals surface area contributed by atoms with E-state index in [0.717, 1.165) is 37.0 Å². The number of hydrogen-bond acceptors (Lipinski definition) is 2. The largest absolute Gasteiger partial charge is 0.490 e. The van der Waals surface area contributed by atoms with E-state index in [4.69, 9.17) is 4.74 Å². The number of para-hydroxylation sites is 1. The van der Waals surface area contributed by atoms with Gasteiger partial charge in [0.05, 0.1) is 6.10 Å². The molecule has 0 unspecified atom stereocenters. The molecule has 4 nitrogen and oxygen atoms in total. The number of amides is 2. The molecule has 20 heavy (non-hydrogen) atoms. The van der Waals surface area contributed by atoms with E-state index in [1.807, 2.05) is 31.3 Å². The first-order valence-electron chi connectivity index (χ1n) is 7.49. The van der Waals surface area contributed by atoms with Crippen LogP contribution in [0.1, 0.15) is 37.7 Å². The number of carbonyl (C=O) groups is 1. The molecule has 108 valence electrons. The van der Waals surface area contributed by atoms with Crippen molar-refractivity contribution >= 4 is 6.03 Å². The predicted molar refractivity (Wildman–Crippen MR) is 77.7 cm³/mol. The summed E-state index contributed by atoms with van der Waals surface area (Å²) >= 11 is 0. The Morgan fingerprint density at radius 1 is 1.30 bits per heavy atom. The maximum atomic E-state index is 12.0. The number of benzene rings is 1. The third-order valence-electron chi connectivity index (χ3n) is 4.16. The van der Waals surface area contributed by atoms with Crippen molar-refractivity contribution in [1.82, 2.24) is 10.2 Å². The quantitative estimate of drug-likeness (QED) is 0.897. The minimum Gasteiger partial charge on any atom is -0.490 e. The Hall–Kier alpha value is -1.71. The Balaban J connectivity index is 1.57. The summed E-state index contributed by atoms with van der Waals surface area (Å²) in [5.41, 5.74) is 1.05. The van der Waals surface area contributed by atoms with E-state index in [0.29, 0.717) is 18.7 Å². The average molecular weight is 274 g/mol. The van der Waals surface area contributed by atoms with Crippen molar-refractivity contribution in [3.05, 3.63) is 29.8 Å². The zero-order valence-corrected chi connectivity index (χ0v) is 12.0. The molecule has 4 heteroatoms. The van der Waals surface area contributed by atoms with Crippen molar-refractivity contribution in [2.45, 2.75) is 50.8 Å². The molecular weight excluding hydrogens is 252 g/mol. The number of ether oxygens (including phenoxy) is 1. The molecule has 2 amide bonds. The van der Waals surface area contributed by atoms with Gasteiger partial charge in [0.15, 0.2) is 0 Å². The van der Waals surface area contributed by atoms with Crippen LogP contribution in [0.5, 0.6) is 5.75 Å². The Labute approximate surface area is 120 Å². The van der Waals surface area contributed by atoms with Crippen molar-refractivity contribution in [2.24, 2.45) is 0 Å². The highest BCUT2D eigenvalue weighted by molar-refractivity contribution is 5.74. The highest BCUT2D eigenvalue weighted by Crippen LogP contribution is 2.28. The number of carbonyl (C=O) groups excluding carboxylic acids is 1. The monoisotopic (exact) mass is 274 g/mol. The van der Waals surface area contributed by atoms with Gasteiger partial charge in [0.2, 0.25) is 0 Å². The van der Waals surface area contributed by atoms with Crippen LogP contribution in [0.25, 0.3) is 0 Å². The third kappa shape index (κ3) is 3.06. The van der Waals surface area contributed by atoms with Crippen LogP contribution in [0, 0.1) is 0 Å². The molecule has 1 aromatic carbocycles. The minimum atomic E-state index is 0.00551. The minimum absolute atomic E-state index is 0.00551. The van der Waals surface area contributed by atoms with Crippen LogP contribution >= 0.6 is 0 Å². The highest BCUT2D eigenvalue weighted by Gasteiger charge is 2.29. The molecule has 0 aromatic heterocycles. The molecule has 3 rings (SSSR count). The van der Waals surface area contributed by atoms with E-state index in [-0.39, 0.29) is 6.03 Å². The molecule has 2 aliphatic rings. The standard InChI is InChI=1S/C16H22N2O2/c1-18(13-9-10-13)16(19)17-11-12-5-2-3-8-15(12)20-14-6-4-7-14/h2-3,5,8,13-14H,4,6-7,9-11H2,1H3,(H,17,19). The Kier molecular flexibility index (Phi) is 3.81. The molecule has 1 N–H and O–H groups in total. The van der Waals surface area contributed by atoms with Crippen LogP contribution in [0.15, 0.2) is 24.3 Å². The van der Waals surface area contributed by atoms with Gasteiger partial charge in [-0.15, -0.1) is 0 Å². The maximum absolute atomic E-state index is 12.0. The molecule has 2 saturated carbocycles. The van der Waals surface area contributed by atoms with Gasteiger partial charge in [-0.2, -0.15) is 0 Å². The van der Waals surface area contributed by atoms with Crippen molar-refractivity contribution in [3.8, 4) is 5.75 Å². The van der Waals surface area contributed by atoms with Gasteiger partial charge < -0.3 is 15.0 Å². The van der Waals surface area contributed by atoms with Gasteiger partial charge in [-0.05, 0) is 38.2 Å².